The van der Waals surface area contributed by atoms with Crippen LogP contribution in [0.3, 0.4) is 0 Å². The number of carbonyl (C=O) groups is 1. The third-order valence-electron chi connectivity index (χ3n) is 4.32. The lowest BCUT2D eigenvalue weighted by molar-refractivity contribution is 0.0465. The van der Waals surface area contributed by atoms with Crippen molar-refractivity contribution < 1.29 is 13.9 Å². The predicted octanol–water partition coefficient (Wildman–Crippen LogP) is 1.20. The molecule has 0 N–H and O–H groups in total. The highest BCUT2D eigenvalue weighted by molar-refractivity contribution is 5.92. The van der Waals surface area contributed by atoms with Gasteiger partial charge in [-0.15, -0.1) is 5.10 Å². The Labute approximate surface area is 133 Å². The molecule has 0 spiro atoms. The van der Waals surface area contributed by atoms with Gasteiger partial charge in [0.25, 0.3) is 5.91 Å². The number of ether oxygens (including phenoxy) is 1. The van der Waals surface area contributed by atoms with Crippen molar-refractivity contribution >= 4 is 5.91 Å². The van der Waals surface area contributed by atoms with Crippen LogP contribution in [0.15, 0.2) is 17.0 Å². The molecule has 1 saturated carbocycles. The summed E-state index contributed by atoms with van der Waals surface area (Å²) in [5.74, 6) is 0.941. The van der Waals surface area contributed by atoms with Crippen LogP contribution in [0.2, 0.25) is 0 Å². The molecule has 8 heteroatoms. The SMILES string of the molecule is Cc1ncoc1C(=O)N1CC(n2cc(COCC3CC3)nn2)C1. The van der Waals surface area contributed by atoms with E-state index in [-0.39, 0.29) is 11.9 Å². The second-order valence-electron chi connectivity index (χ2n) is 6.28. The van der Waals surface area contributed by atoms with Gasteiger partial charge in [-0.3, -0.25) is 4.79 Å². The molecule has 0 radical (unpaired) electrons. The summed E-state index contributed by atoms with van der Waals surface area (Å²) in [5.41, 5.74) is 1.45. The zero-order chi connectivity index (χ0) is 15.8. The zero-order valence-corrected chi connectivity index (χ0v) is 13.0. The Hall–Kier alpha value is -2.22. The Bertz CT molecular complexity index is 700. The maximum Gasteiger partial charge on any atom is 0.291 e. The van der Waals surface area contributed by atoms with Crippen LogP contribution in [0.1, 0.15) is 40.8 Å². The molecule has 2 aliphatic rings. The average Bonchev–Trinajstić information content (AvgIpc) is 3.02. The molecular weight excluding hydrogens is 298 g/mol. The maximum atomic E-state index is 12.2. The summed E-state index contributed by atoms with van der Waals surface area (Å²) >= 11 is 0. The molecule has 3 heterocycles. The number of nitrogens with zero attached hydrogens (tertiary/aromatic N) is 5. The van der Waals surface area contributed by atoms with Gasteiger partial charge in [-0.05, 0) is 25.7 Å². The van der Waals surface area contributed by atoms with Gasteiger partial charge >= 0.3 is 0 Å². The first-order chi connectivity index (χ1) is 11.2. The van der Waals surface area contributed by atoms with Crippen molar-refractivity contribution in [3.63, 3.8) is 0 Å². The maximum absolute atomic E-state index is 12.2. The number of rotatable bonds is 6. The zero-order valence-electron chi connectivity index (χ0n) is 13.0. The largest absolute Gasteiger partial charge is 0.438 e. The average molecular weight is 317 g/mol. The van der Waals surface area contributed by atoms with Crippen molar-refractivity contribution in [1.82, 2.24) is 24.9 Å². The van der Waals surface area contributed by atoms with E-state index in [0.29, 0.717) is 31.2 Å². The second kappa shape index (κ2) is 5.77. The molecule has 0 atom stereocenters. The van der Waals surface area contributed by atoms with Crippen LogP contribution in [0.4, 0.5) is 0 Å². The van der Waals surface area contributed by atoms with Gasteiger partial charge in [0.15, 0.2) is 6.39 Å². The van der Waals surface area contributed by atoms with Crippen LogP contribution in [0.25, 0.3) is 0 Å². The third-order valence-corrected chi connectivity index (χ3v) is 4.32. The van der Waals surface area contributed by atoms with E-state index >= 15 is 0 Å². The summed E-state index contributed by atoms with van der Waals surface area (Å²) in [4.78, 5) is 17.9. The van der Waals surface area contributed by atoms with Crippen LogP contribution in [-0.4, -0.2) is 50.5 Å². The van der Waals surface area contributed by atoms with Gasteiger partial charge in [-0.2, -0.15) is 0 Å². The monoisotopic (exact) mass is 317 g/mol. The highest BCUT2D eigenvalue weighted by atomic mass is 16.5. The Morgan fingerprint density at radius 2 is 2.26 bits per heavy atom. The van der Waals surface area contributed by atoms with Gasteiger partial charge in [0.2, 0.25) is 5.76 Å². The molecule has 1 aliphatic carbocycles. The molecule has 4 rings (SSSR count). The molecule has 8 nitrogen and oxygen atoms in total. The lowest BCUT2D eigenvalue weighted by Gasteiger charge is -2.38. The predicted molar refractivity (Wildman–Crippen MR) is 78.6 cm³/mol. The first-order valence-corrected chi connectivity index (χ1v) is 7.88. The fourth-order valence-corrected chi connectivity index (χ4v) is 2.61. The summed E-state index contributed by atoms with van der Waals surface area (Å²) in [7, 11) is 0. The number of amides is 1. The molecule has 1 saturated heterocycles. The lowest BCUT2D eigenvalue weighted by Crippen LogP contribution is -2.51. The molecule has 1 aliphatic heterocycles. The van der Waals surface area contributed by atoms with Crippen LogP contribution in [0, 0.1) is 12.8 Å². The topological polar surface area (TPSA) is 86.3 Å². The van der Waals surface area contributed by atoms with Crippen LogP contribution in [0.5, 0.6) is 0 Å². The van der Waals surface area contributed by atoms with Crippen molar-refractivity contribution in [2.75, 3.05) is 19.7 Å². The third kappa shape index (κ3) is 2.98. The Kier molecular flexibility index (Phi) is 3.60. The minimum atomic E-state index is -0.121. The summed E-state index contributed by atoms with van der Waals surface area (Å²) in [6, 6.07) is 0.159. The summed E-state index contributed by atoms with van der Waals surface area (Å²) in [5, 5.41) is 8.26. The number of oxazole rings is 1. The van der Waals surface area contributed by atoms with E-state index in [9.17, 15) is 4.79 Å². The van der Waals surface area contributed by atoms with Crippen LogP contribution < -0.4 is 0 Å². The van der Waals surface area contributed by atoms with Crippen molar-refractivity contribution in [3.05, 3.63) is 29.7 Å². The van der Waals surface area contributed by atoms with Crippen LogP contribution >= 0.6 is 0 Å². The van der Waals surface area contributed by atoms with E-state index < -0.39 is 0 Å². The fourth-order valence-electron chi connectivity index (χ4n) is 2.61. The smallest absolute Gasteiger partial charge is 0.291 e. The normalized spacial score (nSPS) is 18.2. The fraction of sp³-hybridized carbons (Fsp3) is 0.600. The van der Waals surface area contributed by atoms with E-state index in [1.807, 2.05) is 10.9 Å². The summed E-state index contributed by atoms with van der Waals surface area (Å²) in [6.45, 7) is 4.28. The number of hydrogen-bond donors (Lipinski definition) is 0. The van der Waals surface area contributed by atoms with Crippen molar-refractivity contribution in [2.45, 2.75) is 32.4 Å². The van der Waals surface area contributed by atoms with Gasteiger partial charge in [0.05, 0.1) is 24.5 Å². The van der Waals surface area contributed by atoms with Gasteiger partial charge in [0.1, 0.15) is 5.69 Å². The van der Waals surface area contributed by atoms with E-state index in [0.717, 1.165) is 18.2 Å². The standard InChI is InChI=1S/C15H19N5O3/c1-10-14(23-9-16-10)15(21)19-5-13(6-19)20-4-12(17-18-20)8-22-7-11-2-3-11/h4,9,11,13H,2-3,5-8H2,1H3. The quantitative estimate of drug-likeness (QED) is 0.795. The van der Waals surface area contributed by atoms with Crippen LogP contribution in [-0.2, 0) is 11.3 Å². The molecule has 2 aromatic rings. The first kappa shape index (κ1) is 14.4. The van der Waals surface area contributed by atoms with Gasteiger partial charge in [-0.25, -0.2) is 9.67 Å². The lowest BCUT2D eigenvalue weighted by atomic mass is 10.1. The molecule has 23 heavy (non-hydrogen) atoms. The van der Waals surface area contributed by atoms with Gasteiger partial charge in [-0.1, -0.05) is 5.21 Å². The molecule has 1 amide bonds. The number of likely N-dealkylation sites (tertiary alicyclic amines) is 1. The number of carbonyl (C=O) groups excluding carboxylic acids is 1. The Balaban J connectivity index is 1.28. The number of aryl methyl sites for hydroxylation is 1. The number of aromatic nitrogens is 4. The molecule has 0 unspecified atom stereocenters. The Morgan fingerprint density at radius 3 is 2.96 bits per heavy atom. The first-order valence-electron chi connectivity index (χ1n) is 7.88. The molecule has 2 aromatic heterocycles. The molecular formula is C15H19N5O3. The Morgan fingerprint density at radius 1 is 1.43 bits per heavy atom. The minimum absolute atomic E-state index is 0.121. The summed E-state index contributed by atoms with van der Waals surface area (Å²) < 4.78 is 12.6. The molecule has 0 aromatic carbocycles. The molecule has 0 bridgehead atoms. The summed E-state index contributed by atoms with van der Waals surface area (Å²) in [6.07, 6.45) is 5.76. The van der Waals surface area contributed by atoms with Gasteiger partial charge < -0.3 is 14.1 Å². The van der Waals surface area contributed by atoms with Crippen molar-refractivity contribution in [2.24, 2.45) is 5.92 Å². The van der Waals surface area contributed by atoms with Crippen molar-refractivity contribution in [1.29, 1.82) is 0 Å². The highest BCUT2D eigenvalue weighted by Crippen LogP contribution is 2.29. The molecule has 122 valence electrons. The van der Waals surface area contributed by atoms with Crippen molar-refractivity contribution in [3.8, 4) is 0 Å². The molecule has 2 fully saturated rings. The second-order valence-corrected chi connectivity index (χ2v) is 6.28. The van der Waals surface area contributed by atoms with E-state index in [1.54, 1.807) is 11.8 Å². The van der Waals surface area contributed by atoms with E-state index in [1.165, 1.54) is 19.2 Å². The minimum Gasteiger partial charge on any atom is -0.438 e. The number of hydrogen-bond acceptors (Lipinski definition) is 6. The highest BCUT2D eigenvalue weighted by Gasteiger charge is 2.35. The van der Waals surface area contributed by atoms with E-state index in [2.05, 4.69) is 15.3 Å². The van der Waals surface area contributed by atoms with Gasteiger partial charge in [0, 0.05) is 19.7 Å². The van der Waals surface area contributed by atoms with E-state index in [4.69, 9.17) is 9.15 Å².